The van der Waals surface area contributed by atoms with Gasteiger partial charge in [-0.2, -0.15) is 0 Å². The molecule has 4 rings (SSSR count). The fourth-order valence-electron chi connectivity index (χ4n) is 2.73. The first kappa shape index (κ1) is 19.5. The number of aromatic amines is 1. The average molecular weight is 436 g/mol. The van der Waals surface area contributed by atoms with Gasteiger partial charge >= 0.3 is 5.76 Å². The number of hydrazine groups is 1. The summed E-state index contributed by atoms with van der Waals surface area (Å²) >= 11 is 3.00. The monoisotopic (exact) mass is 435 g/mol. The second kappa shape index (κ2) is 8.27. The zero-order valence-corrected chi connectivity index (χ0v) is 17.6. The molecule has 0 aliphatic carbocycles. The smallest absolute Gasteiger partial charge is 0.434 e. The molecule has 1 aliphatic rings. The van der Waals surface area contributed by atoms with Crippen molar-refractivity contribution in [1.29, 1.82) is 0 Å². The van der Waals surface area contributed by atoms with Crippen LogP contribution >= 0.6 is 22.7 Å². The number of thiophene rings is 2. The molecule has 2 N–H and O–H groups in total. The van der Waals surface area contributed by atoms with Crippen LogP contribution in [-0.4, -0.2) is 34.4 Å². The maximum atomic E-state index is 11.3. The van der Waals surface area contributed by atoms with Crippen molar-refractivity contribution in [3.8, 4) is 22.3 Å². The lowest BCUT2D eigenvalue weighted by Crippen LogP contribution is -2.23. The second-order valence-electron chi connectivity index (χ2n) is 5.93. The van der Waals surface area contributed by atoms with Gasteiger partial charge in [0, 0.05) is 9.75 Å². The molecule has 0 bridgehead atoms. The topological polar surface area (TPSA) is 119 Å². The Kier molecular flexibility index (Phi) is 5.56. The van der Waals surface area contributed by atoms with Crippen molar-refractivity contribution in [2.75, 3.05) is 13.2 Å². The van der Waals surface area contributed by atoms with Gasteiger partial charge in [-0.3, -0.25) is 0 Å². The number of hydrogen-bond donors (Lipinski definition) is 2. The van der Waals surface area contributed by atoms with Gasteiger partial charge in [-0.25, -0.2) is 15.4 Å². The number of rotatable bonds is 8. The lowest BCUT2D eigenvalue weighted by molar-refractivity contribution is 0.237. The Morgan fingerprint density at radius 1 is 1.17 bits per heavy atom. The molecular weight excluding hydrogens is 416 g/mol. The van der Waals surface area contributed by atoms with Crippen LogP contribution < -0.4 is 20.8 Å². The van der Waals surface area contributed by atoms with Crippen LogP contribution in [0.4, 0.5) is 0 Å². The van der Waals surface area contributed by atoms with Crippen LogP contribution in [0.1, 0.15) is 28.5 Å². The molecule has 0 amide bonds. The van der Waals surface area contributed by atoms with Gasteiger partial charge in [-0.15, -0.1) is 27.8 Å². The summed E-state index contributed by atoms with van der Waals surface area (Å²) in [6, 6.07) is 3.87. The Bertz CT molecular complexity index is 1080. The van der Waals surface area contributed by atoms with Crippen LogP contribution in [0.3, 0.4) is 0 Å². The minimum atomic E-state index is -0.608. The van der Waals surface area contributed by atoms with Gasteiger partial charge in [0.05, 0.1) is 24.6 Å². The van der Waals surface area contributed by atoms with Gasteiger partial charge in [0.2, 0.25) is 0 Å². The quantitative estimate of drug-likeness (QED) is 0.557. The van der Waals surface area contributed by atoms with Crippen molar-refractivity contribution in [1.82, 2.24) is 20.9 Å². The summed E-state index contributed by atoms with van der Waals surface area (Å²) in [6.07, 6.45) is 0. The fourth-order valence-corrected chi connectivity index (χ4v) is 4.62. The SMILES string of the molecule is CCOc1cc(C)sc1C1=NN(Cc2cc(OCC)c(-c3n[nH]c(=O)o3)s2)N[N-]1. The summed E-state index contributed by atoms with van der Waals surface area (Å²) in [4.78, 5) is 14.9. The van der Waals surface area contributed by atoms with E-state index in [0.29, 0.717) is 36.2 Å². The minimum Gasteiger partial charge on any atom is -0.492 e. The van der Waals surface area contributed by atoms with Gasteiger partial charge in [0.25, 0.3) is 5.89 Å². The molecule has 10 nitrogen and oxygen atoms in total. The molecule has 3 aromatic heterocycles. The molecule has 154 valence electrons. The van der Waals surface area contributed by atoms with Crippen LogP contribution in [0.2, 0.25) is 0 Å². The van der Waals surface area contributed by atoms with Gasteiger partial charge in [0.15, 0.2) is 0 Å². The lowest BCUT2D eigenvalue weighted by atomic mass is 10.3. The molecule has 0 spiro atoms. The Hall–Kier alpha value is -2.83. The molecule has 0 unspecified atom stereocenters. The van der Waals surface area contributed by atoms with E-state index < -0.39 is 5.76 Å². The number of H-pyrrole nitrogens is 1. The van der Waals surface area contributed by atoms with Gasteiger partial charge < -0.3 is 29.5 Å². The predicted octanol–water partition coefficient (Wildman–Crippen LogP) is 3.23. The zero-order chi connectivity index (χ0) is 20.4. The largest absolute Gasteiger partial charge is 0.492 e. The third kappa shape index (κ3) is 4.13. The van der Waals surface area contributed by atoms with Crippen molar-refractivity contribution in [3.05, 3.63) is 42.7 Å². The van der Waals surface area contributed by atoms with E-state index in [9.17, 15) is 4.79 Å². The van der Waals surface area contributed by atoms with Crippen LogP contribution in [0.15, 0.2) is 26.4 Å². The number of nitrogens with one attached hydrogen (secondary N) is 2. The number of nitrogens with zero attached hydrogens (tertiary/aromatic N) is 4. The minimum absolute atomic E-state index is 0.202. The summed E-state index contributed by atoms with van der Waals surface area (Å²) in [7, 11) is 0. The maximum absolute atomic E-state index is 11.3. The van der Waals surface area contributed by atoms with Crippen molar-refractivity contribution in [2.45, 2.75) is 27.3 Å². The highest BCUT2D eigenvalue weighted by molar-refractivity contribution is 7.15. The van der Waals surface area contributed by atoms with E-state index in [0.717, 1.165) is 20.4 Å². The van der Waals surface area contributed by atoms with E-state index in [1.54, 1.807) is 16.5 Å². The van der Waals surface area contributed by atoms with Crippen LogP contribution in [-0.2, 0) is 6.54 Å². The summed E-state index contributed by atoms with van der Waals surface area (Å²) < 4.78 is 16.4. The molecule has 0 radical (unpaired) electrons. The van der Waals surface area contributed by atoms with Gasteiger partial charge in [-0.1, -0.05) is 0 Å². The van der Waals surface area contributed by atoms with E-state index in [4.69, 9.17) is 13.9 Å². The van der Waals surface area contributed by atoms with Crippen molar-refractivity contribution in [2.24, 2.45) is 5.10 Å². The molecular formula is C17H19N6O4S2-. The number of aryl methyl sites for hydroxylation is 1. The van der Waals surface area contributed by atoms with E-state index >= 15 is 0 Å². The predicted molar refractivity (Wildman–Crippen MR) is 110 cm³/mol. The molecule has 0 fully saturated rings. The zero-order valence-electron chi connectivity index (χ0n) is 16.0. The van der Waals surface area contributed by atoms with Gasteiger partial charge in [-0.05, 0) is 38.7 Å². The third-order valence-corrected chi connectivity index (χ3v) is 5.91. The Labute approximate surface area is 174 Å². The summed E-state index contributed by atoms with van der Waals surface area (Å²) in [5.74, 6) is 1.56. The molecule has 29 heavy (non-hydrogen) atoms. The molecule has 0 atom stereocenters. The summed E-state index contributed by atoms with van der Waals surface area (Å²) in [5.41, 5.74) is 7.23. The standard InChI is InChI=1S/C17H20N6O4S2/c1-4-25-11-6-9(3)28-13(11)15-18-22-23(21-15)8-10-7-12(26-5-2)14(29-10)16-19-20-17(24)27-16/h6-7,22H,4-5,8H2,1-3H3,(H2,18,20,21,24)/p-1. The third-order valence-electron chi connectivity index (χ3n) is 3.80. The van der Waals surface area contributed by atoms with E-state index in [-0.39, 0.29) is 5.89 Å². The van der Waals surface area contributed by atoms with Crippen LogP contribution in [0.25, 0.3) is 16.2 Å². The number of ether oxygens (including phenoxy) is 2. The first-order valence-electron chi connectivity index (χ1n) is 8.94. The molecule has 3 aromatic rings. The molecule has 4 heterocycles. The summed E-state index contributed by atoms with van der Waals surface area (Å²) in [5, 5.41) is 12.3. The van der Waals surface area contributed by atoms with Gasteiger partial charge in [0.1, 0.15) is 16.4 Å². The van der Waals surface area contributed by atoms with Crippen LogP contribution in [0.5, 0.6) is 11.5 Å². The first-order chi connectivity index (χ1) is 14.1. The Balaban J connectivity index is 1.55. The molecule has 12 heteroatoms. The second-order valence-corrected chi connectivity index (χ2v) is 8.33. The molecule has 0 saturated heterocycles. The Morgan fingerprint density at radius 2 is 1.93 bits per heavy atom. The molecule has 0 saturated carbocycles. The average Bonchev–Trinajstić information content (AvgIpc) is 3.44. The van der Waals surface area contributed by atoms with E-state index in [1.165, 1.54) is 11.3 Å². The molecule has 0 aromatic carbocycles. The van der Waals surface area contributed by atoms with Crippen molar-refractivity contribution in [3.63, 3.8) is 0 Å². The highest BCUT2D eigenvalue weighted by Gasteiger charge is 2.19. The highest BCUT2D eigenvalue weighted by atomic mass is 32.1. The van der Waals surface area contributed by atoms with Crippen LogP contribution in [0, 0.1) is 6.92 Å². The fraction of sp³-hybridized carbons (Fsp3) is 0.353. The normalized spacial score (nSPS) is 13.5. The van der Waals surface area contributed by atoms with E-state index in [2.05, 4.69) is 26.3 Å². The molecule has 1 aliphatic heterocycles. The number of hydrazone groups is 1. The Morgan fingerprint density at radius 3 is 2.62 bits per heavy atom. The first-order valence-corrected chi connectivity index (χ1v) is 10.6. The lowest BCUT2D eigenvalue weighted by Gasteiger charge is -2.19. The van der Waals surface area contributed by atoms with E-state index in [1.807, 2.05) is 32.9 Å². The number of amidine groups is 1. The maximum Gasteiger partial charge on any atom is 0.434 e. The van der Waals surface area contributed by atoms with Crippen molar-refractivity contribution >= 4 is 28.5 Å². The highest BCUT2D eigenvalue weighted by Crippen LogP contribution is 2.38. The number of hydrogen-bond acceptors (Lipinski definition) is 10. The summed E-state index contributed by atoms with van der Waals surface area (Å²) in [6.45, 7) is 7.36. The number of aromatic nitrogens is 2. The van der Waals surface area contributed by atoms with Crippen molar-refractivity contribution < 1.29 is 13.9 Å².